The summed E-state index contributed by atoms with van der Waals surface area (Å²) in [7, 11) is 0. The molecule has 258 valence electrons. The number of thiophene rings is 1. The molecule has 0 spiro atoms. The van der Waals surface area contributed by atoms with E-state index in [0.29, 0.717) is 0 Å². The summed E-state index contributed by atoms with van der Waals surface area (Å²) in [4.78, 5) is 2.43. The van der Waals surface area contributed by atoms with Crippen LogP contribution < -0.4 is 4.90 Å². The number of anilines is 3. The third-order valence-corrected chi connectivity index (χ3v) is 12.1. The third kappa shape index (κ3) is 5.32. The second kappa shape index (κ2) is 12.9. The first-order chi connectivity index (χ1) is 27.3. The van der Waals surface area contributed by atoms with Gasteiger partial charge in [-0.05, 0) is 92.7 Å². The van der Waals surface area contributed by atoms with Crippen molar-refractivity contribution in [3.05, 3.63) is 200 Å². The highest BCUT2D eigenvalue weighted by Crippen LogP contribution is 2.48. The van der Waals surface area contributed by atoms with Gasteiger partial charge in [-0.25, -0.2) is 0 Å². The van der Waals surface area contributed by atoms with Crippen LogP contribution in [-0.4, -0.2) is 0 Å². The molecular formula is C52H33NOS. The van der Waals surface area contributed by atoms with Gasteiger partial charge in [0.15, 0.2) is 0 Å². The van der Waals surface area contributed by atoms with Gasteiger partial charge in [-0.2, -0.15) is 0 Å². The second-order valence-corrected chi connectivity index (χ2v) is 15.1. The fraction of sp³-hybridized carbons (Fsp3) is 0. The van der Waals surface area contributed by atoms with E-state index in [4.69, 9.17) is 4.42 Å². The number of nitrogens with zero attached hydrogens (tertiary/aromatic N) is 1. The Balaban J connectivity index is 1.09. The van der Waals surface area contributed by atoms with E-state index in [2.05, 4.69) is 193 Å². The lowest BCUT2D eigenvalue weighted by molar-refractivity contribution is 0.669. The highest BCUT2D eigenvalue weighted by Gasteiger charge is 2.20. The maximum absolute atomic E-state index is 6.26. The molecule has 2 nitrogen and oxygen atoms in total. The van der Waals surface area contributed by atoms with Gasteiger partial charge in [-0.3, -0.25) is 0 Å². The maximum atomic E-state index is 6.26. The van der Waals surface area contributed by atoms with Crippen molar-refractivity contribution >= 4 is 81.3 Å². The van der Waals surface area contributed by atoms with Gasteiger partial charge >= 0.3 is 0 Å². The molecule has 55 heavy (non-hydrogen) atoms. The van der Waals surface area contributed by atoms with E-state index in [1.165, 1.54) is 53.2 Å². The number of hydrogen-bond acceptors (Lipinski definition) is 3. The molecule has 0 aliphatic carbocycles. The van der Waals surface area contributed by atoms with Crippen molar-refractivity contribution in [2.45, 2.75) is 0 Å². The van der Waals surface area contributed by atoms with Crippen LogP contribution in [0.2, 0.25) is 0 Å². The van der Waals surface area contributed by atoms with Gasteiger partial charge in [-0.1, -0.05) is 152 Å². The maximum Gasteiger partial charge on any atom is 0.136 e. The summed E-state index contributed by atoms with van der Waals surface area (Å²) >= 11 is 1.88. The predicted octanol–water partition coefficient (Wildman–Crippen LogP) is 15.6. The van der Waals surface area contributed by atoms with E-state index in [0.717, 1.165) is 50.1 Å². The van der Waals surface area contributed by atoms with Gasteiger partial charge in [0.1, 0.15) is 11.2 Å². The molecular weight excluding hydrogens is 687 g/mol. The molecule has 0 bridgehead atoms. The first-order valence-electron chi connectivity index (χ1n) is 18.7. The SMILES string of the molecule is c1ccc(-c2cccc3c2sc2c(N(c4ccc(-c5ccc6c(c5)oc5ccccc56)cc4)c4cccc(-c5cccc6ccccc56)c4)cccc23)cc1. The molecule has 11 aromatic rings. The average Bonchev–Trinajstić information content (AvgIpc) is 3.83. The Morgan fingerprint density at radius 3 is 1.87 bits per heavy atom. The Bertz CT molecular complexity index is 3200. The van der Waals surface area contributed by atoms with Gasteiger partial charge in [0.2, 0.25) is 0 Å². The lowest BCUT2D eigenvalue weighted by atomic mass is 9.97. The Labute approximate surface area is 322 Å². The molecule has 0 radical (unpaired) electrons. The summed E-state index contributed by atoms with van der Waals surface area (Å²) in [6.45, 7) is 0. The van der Waals surface area contributed by atoms with Gasteiger partial charge in [0.25, 0.3) is 0 Å². The number of furan rings is 1. The molecule has 9 aromatic carbocycles. The zero-order valence-electron chi connectivity index (χ0n) is 29.8. The molecule has 2 aromatic heterocycles. The number of benzene rings is 9. The standard InChI is InChI=1S/C52H33NOS/c1-2-12-36(13-3-1)43-21-10-22-46-47-23-11-24-48(52(47)55-51(43)46)53(40-17-8-16-38(32-40)42-20-9-15-35-14-4-5-18-41(35)42)39-29-26-34(27-30-39)37-28-31-45-44-19-6-7-25-49(44)54-50(45)33-37/h1-33H. The topological polar surface area (TPSA) is 16.4 Å². The zero-order valence-corrected chi connectivity index (χ0v) is 30.6. The summed E-state index contributed by atoms with van der Waals surface area (Å²) in [5.41, 5.74) is 12.4. The van der Waals surface area contributed by atoms with Crippen LogP contribution in [0, 0.1) is 0 Å². The first kappa shape index (κ1) is 31.6. The summed E-state index contributed by atoms with van der Waals surface area (Å²) in [5, 5.41) is 7.32. The molecule has 0 saturated carbocycles. The smallest absolute Gasteiger partial charge is 0.136 e. The molecule has 11 rings (SSSR count). The van der Waals surface area contributed by atoms with Gasteiger partial charge in [-0.15, -0.1) is 11.3 Å². The van der Waals surface area contributed by atoms with Crippen molar-refractivity contribution in [2.24, 2.45) is 0 Å². The zero-order chi connectivity index (χ0) is 36.3. The highest BCUT2D eigenvalue weighted by molar-refractivity contribution is 7.27. The number of hydrogen-bond donors (Lipinski definition) is 0. The molecule has 0 atom stereocenters. The molecule has 0 aliphatic rings. The van der Waals surface area contributed by atoms with Crippen molar-refractivity contribution in [1.82, 2.24) is 0 Å². The Morgan fingerprint density at radius 2 is 0.982 bits per heavy atom. The van der Waals surface area contributed by atoms with Gasteiger partial charge in [0, 0.05) is 37.6 Å². The third-order valence-electron chi connectivity index (χ3n) is 10.9. The summed E-state index contributed by atoms with van der Waals surface area (Å²) in [6, 6.07) is 72.2. The van der Waals surface area contributed by atoms with Crippen LogP contribution in [-0.2, 0) is 0 Å². The normalized spacial score (nSPS) is 11.6. The molecule has 0 fully saturated rings. The lowest BCUT2D eigenvalue weighted by Gasteiger charge is -2.27. The van der Waals surface area contributed by atoms with Crippen LogP contribution in [0.5, 0.6) is 0 Å². The molecule has 0 saturated heterocycles. The number of para-hydroxylation sites is 1. The minimum Gasteiger partial charge on any atom is -0.456 e. The molecule has 0 unspecified atom stereocenters. The number of fused-ring (bicyclic) bond motifs is 7. The van der Waals surface area contributed by atoms with Crippen molar-refractivity contribution in [1.29, 1.82) is 0 Å². The fourth-order valence-corrected chi connectivity index (χ4v) is 9.59. The van der Waals surface area contributed by atoms with E-state index >= 15 is 0 Å². The van der Waals surface area contributed by atoms with Crippen molar-refractivity contribution in [2.75, 3.05) is 4.90 Å². The van der Waals surface area contributed by atoms with Crippen molar-refractivity contribution in [3.63, 3.8) is 0 Å². The van der Waals surface area contributed by atoms with Crippen LogP contribution in [0.15, 0.2) is 205 Å². The lowest BCUT2D eigenvalue weighted by Crippen LogP contribution is -2.10. The minimum absolute atomic E-state index is 0.904. The van der Waals surface area contributed by atoms with E-state index in [9.17, 15) is 0 Å². The number of rotatable bonds is 6. The summed E-state index contributed by atoms with van der Waals surface area (Å²) in [5.74, 6) is 0. The van der Waals surface area contributed by atoms with E-state index in [-0.39, 0.29) is 0 Å². The Hall–Kier alpha value is -6.94. The quantitative estimate of drug-likeness (QED) is 0.170. The van der Waals surface area contributed by atoms with Crippen molar-refractivity contribution in [3.8, 4) is 33.4 Å². The van der Waals surface area contributed by atoms with Crippen LogP contribution in [0.1, 0.15) is 0 Å². The molecule has 3 heteroatoms. The predicted molar refractivity (Wildman–Crippen MR) is 235 cm³/mol. The van der Waals surface area contributed by atoms with Crippen LogP contribution in [0.3, 0.4) is 0 Å². The van der Waals surface area contributed by atoms with E-state index in [1.54, 1.807) is 0 Å². The fourth-order valence-electron chi connectivity index (χ4n) is 8.25. The van der Waals surface area contributed by atoms with Gasteiger partial charge < -0.3 is 9.32 Å². The van der Waals surface area contributed by atoms with Gasteiger partial charge in [0.05, 0.1) is 10.4 Å². The van der Waals surface area contributed by atoms with Crippen molar-refractivity contribution < 1.29 is 4.42 Å². The molecule has 0 N–H and O–H groups in total. The van der Waals surface area contributed by atoms with E-state index < -0.39 is 0 Å². The average molecular weight is 720 g/mol. The van der Waals surface area contributed by atoms with E-state index in [1.807, 2.05) is 23.5 Å². The second-order valence-electron chi connectivity index (χ2n) is 14.1. The highest BCUT2D eigenvalue weighted by atomic mass is 32.1. The Morgan fingerprint density at radius 1 is 0.345 bits per heavy atom. The van der Waals surface area contributed by atoms with Crippen LogP contribution >= 0.6 is 11.3 Å². The largest absolute Gasteiger partial charge is 0.456 e. The first-order valence-corrected chi connectivity index (χ1v) is 19.5. The van der Waals surface area contributed by atoms with Crippen LogP contribution in [0.4, 0.5) is 17.1 Å². The Kier molecular flexibility index (Phi) is 7.39. The summed E-state index contributed by atoms with van der Waals surface area (Å²) < 4.78 is 8.82. The van der Waals surface area contributed by atoms with Crippen LogP contribution in [0.25, 0.3) is 86.3 Å². The molecule has 2 heterocycles. The monoisotopic (exact) mass is 719 g/mol. The molecule has 0 aliphatic heterocycles. The molecule has 0 amide bonds. The minimum atomic E-state index is 0.904. The summed E-state index contributed by atoms with van der Waals surface area (Å²) in [6.07, 6.45) is 0.